The average molecular weight is 486 g/mol. The van der Waals surface area contributed by atoms with E-state index in [9.17, 15) is 14.0 Å². The van der Waals surface area contributed by atoms with Crippen LogP contribution in [0.25, 0.3) is 0 Å². The number of halogens is 1. The Labute approximate surface area is 202 Å². The van der Waals surface area contributed by atoms with E-state index in [1.807, 2.05) is 25.1 Å². The quantitative estimate of drug-likeness (QED) is 0.424. The molecule has 2 amide bonds. The fraction of sp³-hybridized carbons (Fsp3) is 0.333. The van der Waals surface area contributed by atoms with Gasteiger partial charge in [-0.2, -0.15) is 0 Å². The predicted molar refractivity (Wildman–Crippen MR) is 129 cm³/mol. The topological polar surface area (TPSA) is 98.1 Å². The third kappa shape index (κ3) is 6.80. The molecule has 0 unspecified atom stereocenters. The van der Waals surface area contributed by atoms with Crippen LogP contribution in [-0.4, -0.2) is 38.9 Å². The van der Waals surface area contributed by atoms with Gasteiger partial charge in [0.25, 0.3) is 5.91 Å². The first-order chi connectivity index (χ1) is 16.2. The zero-order valence-corrected chi connectivity index (χ0v) is 20.4. The maximum absolute atomic E-state index is 13.7. The molecule has 0 saturated heterocycles. The van der Waals surface area contributed by atoms with Crippen LogP contribution in [0.2, 0.25) is 0 Å². The van der Waals surface area contributed by atoms with Crippen molar-refractivity contribution in [2.75, 3.05) is 17.7 Å². The summed E-state index contributed by atoms with van der Waals surface area (Å²) >= 11 is 1.17. The number of carbonyl (C=O) groups excluding carboxylic acids is 2. The van der Waals surface area contributed by atoms with Gasteiger partial charge < -0.3 is 19.9 Å². The third-order valence-corrected chi connectivity index (χ3v) is 6.02. The maximum Gasteiger partial charge on any atom is 0.258 e. The minimum atomic E-state index is -0.496. The molecule has 180 valence electrons. The normalized spacial score (nSPS) is 10.9. The number of rotatable bonds is 10. The molecule has 0 saturated carbocycles. The number of carbonyl (C=O) groups is 2. The number of thioether (sulfide) groups is 1. The van der Waals surface area contributed by atoms with Crippen LogP contribution in [-0.2, 0) is 23.2 Å². The summed E-state index contributed by atoms with van der Waals surface area (Å²) in [6, 6.07) is 11.9. The van der Waals surface area contributed by atoms with Gasteiger partial charge in [0, 0.05) is 7.05 Å². The summed E-state index contributed by atoms with van der Waals surface area (Å²) in [6.45, 7) is 6.18. The molecule has 8 nitrogen and oxygen atoms in total. The van der Waals surface area contributed by atoms with Crippen molar-refractivity contribution < 1.29 is 18.7 Å². The summed E-state index contributed by atoms with van der Waals surface area (Å²) in [5.41, 5.74) is 2.24. The van der Waals surface area contributed by atoms with Crippen LogP contribution in [0.15, 0.2) is 47.6 Å². The van der Waals surface area contributed by atoms with Crippen molar-refractivity contribution in [2.24, 2.45) is 7.05 Å². The smallest absolute Gasteiger partial charge is 0.258 e. The summed E-state index contributed by atoms with van der Waals surface area (Å²) in [6.07, 6.45) is 0. The van der Waals surface area contributed by atoms with Crippen molar-refractivity contribution in [3.8, 4) is 5.75 Å². The van der Waals surface area contributed by atoms with E-state index in [0.29, 0.717) is 16.7 Å². The zero-order chi connectivity index (χ0) is 24.7. The number of ether oxygens (including phenoxy) is 1. The first-order valence-corrected chi connectivity index (χ1v) is 11.8. The number of aromatic nitrogens is 3. The highest BCUT2D eigenvalue weighted by molar-refractivity contribution is 7.99. The molecule has 3 aromatic rings. The van der Waals surface area contributed by atoms with E-state index >= 15 is 0 Å². The van der Waals surface area contributed by atoms with Crippen molar-refractivity contribution >= 4 is 29.3 Å². The molecule has 0 aliphatic carbocycles. The summed E-state index contributed by atoms with van der Waals surface area (Å²) in [5.74, 6) is 0.417. The number of benzene rings is 2. The molecule has 10 heteroatoms. The van der Waals surface area contributed by atoms with Gasteiger partial charge in [0.15, 0.2) is 17.6 Å². The predicted octanol–water partition coefficient (Wildman–Crippen LogP) is 3.81. The second-order valence-corrected chi connectivity index (χ2v) is 8.98. The zero-order valence-electron chi connectivity index (χ0n) is 19.6. The van der Waals surface area contributed by atoms with Crippen molar-refractivity contribution in [3.05, 3.63) is 65.2 Å². The molecule has 2 aromatic carbocycles. The molecule has 0 atom stereocenters. The molecule has 1 aromatic heterocycles. The van der Waals surface area contributed by atoms with Crippen LogP contribution in [0.1, 0.15) is 36.7 Å². The summed E-state index contributed by atoms with van der Waals surface area (Å²) < 4.78 is 21.1. The summed E-state index contributed by atoms with van der Waals surface area (Å²) in [4.78, 5) is 24.4. The van der Waals surface area contributed by atoms with Gasteiger partial charge in [-0.25, -0.2) is 4.39 Å². The van der Waals surface area contributed by atoms with E-state index in [2.05, 4.69) is 34.7 Å². The molecule has 3 rings (SSSR count). The van der Waals surface area contributed by atoms with E-state index in [1.54, 1.807) is 23.7 Å². The summed E-state index contributed by atoms with van der Waals surface area (Å²) in [5, 5.41) is 13.9. The lowest BCUT2D eigenvalue weighted by Crippen LogP contribution is -2.29. The van der Waals surface area contributed by atoms with E-state index in [0.717, 1.165) is 11.1 Å². The van der Waals surface area contributed by atoms with Gasteiger partial charge in [-0.1, -0.05) is 49.9 Å². The highest BCUT2D eigenvalue weighted by Gasteiger charge is 2.14. The van der Waals surface area contributed by atoms with Gasteiger partial charge >= 0.3 is 0 Å². The number of aryl methyl sites for hydroxylation is 1. The molecule has 0 fully saturated rings. The minimum Gasteiger partial charge on any atom is -0.483 e. The number of hydrogen-bond donors (Lipinski definition) is 2. The van der Waals surface area contributed by atoms with Gasteiger partial charge in [0.2, 0.25) is 5.91 Å². The molecule has 0 aliphatic heterocycles. The van der Waals surface area contributed by atoms with Crippen molar-refractivity contribution in [1.29, 1.82) is 0 Å². The number of hydrogen-bond acceptors (Lipinski definition) is 6. The van der Waals surface area contributed by atoms with Crippen LogP contribution < -0.4 is 15.4 Å². The largest absolute Gasteiger partial charge is 0.483 e. The Morgan fingerprint density at radius 1 is 1.15 bits per heavy atom. The SMILES string of the molecule is Cc1ccc(C(C)C)c(OCC(=O)NCc2nnc(SCC(=O)Nc3ccccc3F)n2C)c1. The van der Waals surface area contributed by atoms with E-state index in [1.165, 1.54) is 23.9 Å². The molecule has 0 spiro atoms. The average Bonchev–Trinajstić information content (AvgIpc) is 3.15. The fourth-order valence-corrected chi connectivity index (χ4v) is 3.85. The molecule has 0 bridgehead atoms. The Balaban J connectivity index is 1.48. The monoisotopic (exact) mass is 485 g/mol. The van der Waals surface area contributed by atoms with Crippen molar-refractivity contribution in [1.82, 2.24) is 20.1 Å². The van der Waals surface area contributed by atoms with Crippen LogP contribution >= 0.6 is 11.8 Å². The Kier molecular flexibility index (Phi) is 8.64. The van der Waals surface area contributed by atoms with Gasteiger partial charge in [-0.3, -0.25) is 9.59 Å². The number of nitrogens with zero attached hydrogens (tertiary/aromatic N) is 3. The second-order valence-electron chi connectivity index (χ2n) is 8.04. The lowest BCUT2D eigenvalue weighted by molar-refractivity contribution is -0.123. The first kappa shape index (κ1) is 25.2. The fourth-order valence-electron chi connectivity index (χ4n) is 3.12. The van der Waals surface area contributed by atoms with Gasteiger partial charge in [0.05, 0.1) is 18.0 Å². The van der Waals surface area contributed by atoms with Crippen LogP contribution in [0.5, 0.6) is 5.75 Å². The molecule has 0 aliphatic rings. The molecule has 2 N–H and O–H groups in total. The number of nitrogens with one attached hydrogen (secondary N) is 2. The van der Waals surface area contributed by atoms with Crippen molar-refractivity contribution in [3.63, 3.8) is 0 Å². The minimum absolute atomic E-state index is 0.0369. The van der Waals surface area contributed by atoms with Crippen LogP contribution in [0.4, 0.5) is 10.1 Å². The molecular formula is C24H28FN5O3S. The second kappa shape index (κ2) is 11.6. The maximum atomic E-state index is 13.7. The molecule has 34 heavy (non-hydrogen) atoms. The Hall–Kier alpha value is -3.40. The van der Waals surface area contributed by atoms with Crippen molar-refractivity contribution in [2.45, 2.75) is 38.4 Å². The van der Waals surface area contributed by atoms with Gasteiger partial charge in [0.1, 0.15) is 11.6 Å². The van der Waals surface area contributed by atoms with E-state index < -0.39 is 5.82 Å². The van der Waals surface area contributed by atoms with Gasteiger partial charge in [-0.05, 0) is 42.2 Å². The Morgan fingerprint density at radius 2 is 1.91 bits per heavy atom. The number of amides is 2. The Bertz CT molecular complexity index is 1170. The lowest BCUT2D eigenvalue weighted by Gasteiger charge is -2.14. The van der Waals surface area contributed by atoms with Crippen LogP contribution in [0, 0.1) is 12.7 Å². The van der Waals surface area contributed by atoms with Gasteiger partial charge in [-0.15, -0.1) is 10.2 Å². The van der Waals surface area contributed by atoms with E-state index in [4.69, 9.17) is 4.74 Å². The van der Waals surface area contributed by atoms with E-state index in [-0.39, 0.29) is 42.3 Å². The summed E-state index contributed by atoms with van der Waals surface area (Å²) in [7, 11) is 1.75. The highest BCUT2D eigenvalue weighted by atomic mass is 32.2. The third-order valence-electron chi connectivity index (χ3n) is 5.00. The first-order valence-electron chi connectivity index (χ1n) is 10.8. The molecule has 1 heterocycles. The number of para-hydroxylation sites is 1. The molecular weight excluding hydrogens is 457 g/mol. The molecule has 0 radical (unpaired) electrons. The lowest BCUT2D eigenvalue weighted by atomic mass is 10.0. The highest BCUT2D eigenvalue weighted by Crippen LogP contribution is 2.27. The standard InChI is InChI=1S/C24H28FN5O3S/c1-15(2)17-10-9-16(3)11-20(17)33-13-22(31)26-12-21-28-29-24(30(21)4)34-14-23(32)27-19-8-6-5-7-18(19)25/h5-11,15H,12-14H2,1-4H3,(H,26,31)(H,27,32). The van der Waals surface area contributed by atoms with Crippen LogP contribution in [0.3, 0.4) is 0 Å². The number of anilines is 1. The Morgan fingerprint density at radius 3 is 2.65 bits per heavy atom.